The molecule has 16 heavy (non-hydrogen) atoms. The van der Waals surface area contributed by atoms with Gasteiger partial charge in [0.25, 0.3) is 0 Å². The van der Waals surface area contributed by atoms with Gasteiger partial charge in [0.05, 0.1) is 0 Å². The molecule has 0 spiro atoms. The van der Waals surface area contributed by atoms with Crippen molar-refractivity contribution >= 4 is 21.7 Å². The van der Waals surface area contributed by atoms with Gasteiger partial charge in [-0.1, -0.05) is 55.8 Å². The first-order valence-corrected chi connectivity index (χ1v) is 6.39. The number of fused-ring (bicyclic) bond motifs is 1. The molecule has 0 unspecified atom stereocenters. The topological polar surface area (TPSA) is 17.1 Å². The van der Waals surface area contributed by atoms with Crippen LogP contribution in [0.15, 0.2) is 22.7 Å². The van der Waals surface area contributed by atoms with E-state index in [-0.39, 0.29) is 16.6 Å². The Kier molecular flexibility index (Phi) is 2.54. The largest absolute Gasteiger partial charge is 0.294 e. The van der Waals surface area contributed by atoms with Crippen molar-refractivity contribution in [1.29, 1.82) is 0 Å². The zero-order chi connectivity index (χ0) is 12.1. The van der Waals surface area contributed by atoms with E-state index in [0.29, 0.717) is 6.42 Å². The smallest absolute Gasteiger partial charge is 0.164 e. The highest BCUT2D eigenvalue weighted by Crippen LogP contribution is 2.50. The Labute approximate surface area is 105 Å². The predicted molar refractivity (Wildman–Crippen MR) is 69.9 cm³/mol. The molecule has 2 heteroatoms. The Morgan fingerprint density at radius 3 is 2.44 bits per heavy atom. The van der Waals surface area contributed by atoms with Crippen LogP contribution in [0.25, 0.3) is 0 Å². The minimum absolute atomic E-state index is 0.0118. The molecule has 1 aliphatic carbocycles. The summed E-state index contributed by atoms with van der Waals surface area (Å²) < 4.78 is 0.929. The van der Waals surface area contributed by atoms with Crippen molar-refractivity contribution in [3.05, 3.63) is 33.8 Å². The number of Topliss-reactive ketones (excluding diaryl/α,β-unsaturated/α-hetero) is 1. The first-order chi connectivity index (χ1) is 7.27. The van der Waals surface area contributed by atoms with Crippen molar-refractivity contribution in [2.75, 3.05) is 0 Å². The Morgan fingerprint density at radius 2 is 1.81 bits per heavy atom. The molecular weight excluding hydrogens is 264 g/mol. The molecule has 0 aromatic heterocycles. The van der Waals surface area contributed by atoms with E-state index in [0.717, 1.165) is 10.0 Å². The maximum atomic E-state index is 12.2. The van der Waals surface area contributed by atoms with E-state index in [9.17, 15) is 4.79 Å². The monoisotopic (exact) mass is 280 g/mol. The molecule has 1 aliphatic rings. The van der Waals surface area contributed by atoms with Crippen LogP contribution in [0.5, 0.6) is 0 Å². The molecule has 1 aromatic carbocycles. The lowest BCUT2D eigenvalue weighted by molar-refractivity contribution is 0.0812. The lowest BCUT2D eigenvalue weighted by atomic mass is 9.57. The maximum Gasteiger partial charge on any atom is 0.164 e. The van der Waals surface area contributed by atoms with E-state index >= 15 is 0 Å². The van der Waals surface area contributed by atoms with Crippen LogP contribution in [0.1, 0.15) is 50.0 Å². The molecule has 0 saturated carbocycles. The minimum Gasteiger partial charge on any atom is -0.294 e. The van der Waals surface area contributed by atoms with Gasteiger partial charge in [0.15, 0.2) is 5.78 Å². The molecule has 0 saturated heterocycles. The van der Waals surface area contributed by atoms with Crippen LogP contribution in [0.4, 0.5) is 0 Å². The zero-order valence-electron chi connectivity index (χ0n) is 10.2. The Balaban J connectivity index is 2.74. The molecule has 0 fully saturated rings. The molecule has 1 nitrogen and oxygen atoms in total. The second-order valence-electron chi connectivity index (χ2n) is 5.77. The van der Waals surface area contributed by atoms with Gasteiger partial charge in [0.2, 0.25) is 0 Å². The molecule has 0 atom stereocenters. The summed E-state index contributed by atoms with van der Waals surface area (Å²) in [5.74, 6) is 0.256. The number of rotatable bonds is 0. The summed E-state index contributed by atoms with van der Waals surface area (Å²) >= 11 is 3.49. The van der Waals surface area contributed by atoms with Gasteiger partial charge in [-0.3, -0.25) is 4.79 Å². The quantitative estimate of drug-likeness (QED) is 0.691. The van der Waals surface area contributed by atoms with Crippen LogP contribution in [-0.2, 0) is 5.41 Å². The molecule has 0 amide bonds. The van der Waals surface area contributed by atoms with Gasteiger partial charge in [-0.25, -0.2) is 0 Å². The van der Waals surface area contributed by atoms with Gasteiger partial charge >= 0.3 is 0 Å². The number of ketones is 1. The van der Waals surface area contributed by atoms with Gasteiger partial charge in [-0.15, -0.1) is 0 Å². The van der Waals surface area contributed by atoms with E-state index < -0.39 is 0 Å². The Bertz CT molecular complexity index is 458. The van der Waals surface area contributed by atoms with E-state index in [2.05, 4.69) is 49.7 Å². The highest BCUT2D eigenvalue weighted by atomic mass is 79.9. The fourth-order valence-electron chi connectivity index (χ4n) is 2.40. The van der Waals surface area contributed by atoms with Gasteiger partial charge < -0.3 is 0 Å². The fraction of sp³-hybridized carbons (Fsp3) is 0.500. The molecule has 86 valence electrons. The number of carbonyl (C=O) groups excluding carboxylic acids is 1. The third kappa shape index (κ3) is 1.46. The maximum absolute atomic E-state index is 12.2. The van der Waals surface area contributed by atoms with Crippen molar-refractivity contribution < 1.29 is 4.79 Å². The summed E-state index contributed by atoms with van der Waals surface area (Å²) in [6.07, 6.45) is 0.621. The fourth-order valence-corrected chi connectivity index (χ4v) is 2.99. The summed E-state index contributed by atoms with van der Waals surface area (Å²) in [6, 6.07) is 6.05. The summed E-state index contributed by atoms with van der Waals surface area (Å²) in [4.78, 5) is 12.2. The van der Waals surface area contributed by atoms with Crippen LogP contribution >= 0.6 is 15.9 Å². The van der Waals surface area contributed by atoms with Gasteiger partial charge in [-0.2, -0.15) is 0 Å². The summed E-state index contributed by atoms with van der Waals surface area (Å²) in [7, 11) is 0. The van der Waals surface area contributed by atoms with Gasteiger partial charge in [0.1, 0.15) is 0 Å². The molecule has 0 N–H and O–H groups in total. The SMILES string of the molecule is CC1(C)CC(=O)c2c(Br)cccc2C1(C)C. The summed E-state index contributed by atoms with van der Waals surface area (Å²) in [5.41, 5.74) is 2.09. The lowest BCUT2D eigenvalue weighted by Gasteiger charge is -2.46. The highest BCUT2D eigenvalue weighted by Gasteiger charge is 2.46. The van der Waals surface area contributed by atoms with Crippen molar-refractivity contribution in [2.24, 2.45) is 5.41 Å². The van der Waals surface area contributed by atoms with Crippen molar-refractivity contribution in [3.8, 4) is 0 Å². The Morgan fingerprint density at radius 1 is 1.19 bits per heavy atom. The Hall–Kier alpha value is -0.630. The van der Waals surface area contributed by atoms with E-state index in [4.69, 9.17) is 0 Å². The minimum atomic E-state index is 0.0118. The molecule has 1 aromatic rings. The van der Waals surface area contributed by atoms with Crippen LogP contribution in [0, 0.1) is 5.41 Å². The van der Waals surface area contributed by atoms with Crippen LogP contribution in [-0.4, -0.2) is 5.78 Å². The number of hydrogen-bond acceptors (Lipinski definition) is 1. The molecule has 0 aliphatic heterocycles. The molecule has 0 radical (unpaired) electrons. The van der Waals surface area contributed by atoms with Crippen LogP contribution in [0.3, 0.4) is 0 Å². The standard InChI is InChI=1S/C14H17BrO/c1-13(2)8-11(16)12-9(14(13,3)4)6-5-7-10(12)15/h5-7H,8H2,1-4H3. The number of benzene rings is 1. The van der Waals surface area contributed by atoms with Crippen LogP contribution in [0.2, 0.25) is 0 Å². The van der Waals surface area contributed by atoms with E-state index in [1.165, 1.54) is 5.56 Å². The van der Waals surface area contributed by atoms with Gasteiger partial charge in [-0.05, 0) is 22.5 Å². The second-order valence-corrected chi connectivity index (χ2v) is 6.63. The average Bonchev–Trinajstić information content (AvgIpc) is 2.14. The van der Waals surface area contributed by atoms with E-state index in [1.807, 2.05) is 12.1 Å². The number of hydrogen-bond donors (Lipinski definition) is 0. The van der Waals surface area contributed by atoms with Crippen LogP contribution < -0.4 is 0 Å². The molecule has 0 bridgehead atoms. The first-order valence-electron chi connectivity index (χ1n) is 5.59. The van der Waals surface area contributed by atoms with Crippen molar-refractivity contribution in [3.63, 3.8) is 0 Å². The van der Waals surface area contributed by atoms with Gasteiger partial charge in [0, 0.05) is 16.5 Å². The molecule has 2 rings (SSSR count). The second kappa shape index (κ2) is 3.43. The highest BCUT2D eigenvalue weighted by molar-refractivity contribution is 9.10. The average molecular weight is 281 g/mol. The summed E-state index contributed by atoms with van der Waals surface area (Å²) in [6.45, 7) is 8.80. The summed E-state index contributed by atoms with van der Waals surface area (Å²) in [5, 5.41) is 0. The lowest BCUT2D eigenvalue weighted by Crippen LogP contribution is -2.43. The van der Waals surface area contributed by atoms with Crippen molar-refractivity contribution in [2.45, 2.75) is 39.5 Å². The third-order valence-electron chi connectivity index (χ3n) is 4.26. The van der Waals surface area contributed by atoms with E-state index in [1.54, 1.807) is 0 Å². The molecule has 0 heterocycles. The predicted octanol–water partition coefficient (Wildman–Crippen LogP) is 4.34. The zero-order valence-corrected chi connectivity index (χ0v) is 11.8. The van der Waals surface area contributed by atoms with Crippen molar-refractivity contribution in [1.82, 2.24) is 0 Å². The number of carbonyl (C=O) groups is 1. The normalized spacial score (nSPS) is 21.7. The third-order valence-corrected chi connectivity index (χ3v) is 4.92. The number of halogens is 1. The first kappa shape index (κ1) is 11.8. The molecular formula is C14H17BrO.